The van der Waals surface area contributed by atoms with Crippen LogP contribution in [0.3, 0.4) is 0 Å². The fraction of sp³-hybridized carbons (Fsp3) is 1.00. The quantitative estimate of drug-likeness (QED) is 0.797. The molecule has 3 aliphatic heterocycles. The maximum Gasteiger partial charge on any atom is 0.216 e. The first-order valence-corrected chi connectivity index (χ1v) is 8.51. The van der Waals surface area contributed by atoms with Crippen LogP contribution in [0.5, 0.6) is 0 Å². The number of ether oxygens (including phenoxy) is 1. The van der Waals surface area contributed by atoms with Gasteiger partial charge in [0.2, 0.25) is 10.0 Å². The number of hydrogen-bond acceptors (Lipinski definition) is 4. The molecule has 0 aromatic carbocycles. The van der Waals surface area contributed by atoms with Crippen molar-refractivity contribution >= 4 is 10.0 Å². The Morgan fingerprint density at radius 3 is 2.94 bits per heavy atom. The second-order valence-corrected chi connectivity index (χ2v) is 7.94. The van der Waals surface area contributed by atoms with Crippen molar-refractivity contribution in [3.63, 3.8) is 0 Å². The van der Waals surface area contributed by atoms with Gasteiger partial charge in [-0.05, 0) is 37.6 Å². The van der Waals surface area contributed by atoms with Crippen LogP contribution >= 0.6 is 0 Å². The highest BCUT2D eigenvalue weighted by Gasteiger charge is 2.44. The third-order valence-corrected chi connectivity index (χ3v) is 6.44. The van der Waals surface area contributed by atoms with E-state index in [2.05, 4.69) is 5.32 Å². The first kappa shape index (κ1) is 12.8. The molecule has 1 N–H and O–H groups in total. The maximum atomic E-state index is 12.4. The van der Waals surface area contributed by atoms with Gasteiger partial charge in [0.1, 0.15) is 0 Å². The van der Waals surface area contributed by atoms with Gasteiger partial charge in [-0.25, -0.2) is 12.7 Å². The van der Waals surface area contributed by atoms with E-state index in [-0.39, 0.29) is 17.3 Å². The molecule has 0 amide bonds. The SMILES string of the molecule is O=S(=O)(CC1CCCO1)N1CCC2(CCNC2)C1. The van der Waals surface area contributed by atoms with Gasteiger partial charge >= 0.3 is 0 Å². The molecule has 5 nitrogen and oxygen atoms in total. The average molecular weight is 274 g/mol. The zero-order valence-corrected chi connectivity index (χ0v) is 11.5. The Morgan fingerprint density at radius 1 is 1.39 bits per heavy atom. The summed E-state index contributed by atoms with van der Waals surface area (Å²) in [5.74, 6) is 0.177. The van der Waals surface area contributed by atoms with Crippen LogP contribution < -0.4 is 5.32 Å². The number of hydrogen-bond donors (Lipinski definition) is 1. The standard InChI is InChI=1S/C12H22N2O3S/c15-18(16,8-11-2-1-7-17-11)14-6-4-12(10-14)3-5-13-9-12/h11,13H,1-10H2. The largest absolute Gasteiger partial charge is 0.377 e. The minimum Gasteiger partial charge on any atom is -0.377 e. The van der Waals surface area contributed by atoms with Crippen LogP contribution in [0.1, 0.15) is 25.7 Å². The summed E-state index contributed by atoms with van der Waals surface area (Å²) < 4.78 is 31.9. The number of nitrogens with one attached hydrogen (secondary N) is 1. The summed E-state index contributed by atoms with van der Waals surface area (Å²) in [6.07, 6.45) is 3.92. The van der Waals surface area contributed by atoms with E-state index >= 15 is 0 Å². The summed E-state index contributed by atoms with van der Waals surface area (Å²) in [4.78, 5) is 0. The van der Waals surface area contributed by atoms with Crippen LogP contribution in [0, 0.1) is 5.41 Å². The molecule has 1 spiro atoms. The molecule has 104 valence electrons. The summed E-state index contributed by atoms with van der Waals surface area (Å²) in [6.45, 7) is 4.11. The van der Waals surface area contributed by atoms with Gasteiger partial charge in [-0.2, -0.15) is 0 Å². The van der Waals surface area contributed by atoms with Crippen LogP contribution in [-0.4, -0.2) is 57.4 Å². The maximum absolute atomic E-state index is 12.4. The Balaban J connectivity index is 1.63. The van der Waals surface area contributed by atoms with Gasteiger partial charge in [-0.1, -0.05) is 0 Å². The lowest BCUT2D eigenvalue weighted by Crippen LogP contribution is -2.37. The van der Waals surface area contributed by atoms with Crippen molar-refractivity contribution in [3.8, 4) is 0 Å². The second-order valence-electron chi connectivity index (χ2n) is 5.92. The van der Waals surface area contributed by atoms with Crippen molar-refractivity contribution in [2.24, 2.45) is 5.41 Å². The van der Waals surface area contributed by atoms with Crippen molar-refractivity contribution in [2.75, 3.05) is 38.5 Å². The molecule has 0 aromatic heterocycles. The van der Waals surface area contributed by atoms with Crippen molar-refractivity contribution in [1.29, 1.82) is 0 Å². The molecule has 3 saturated heterocycles. The third kappa shape index (κ3) is 2.43. The van der Waals surface area contributed by atoms with Gasteiger partial charge in [0.25, 0.3) is 0 Å². The summed E-state index contributed by atoms with van der Waals surface area (Å²) in [6, 6.07) is 0. The van der Waals surface area contributed by atoms with Crippen molar-refractivity contribution in [1.82, 2.24) is 9.62 Å². The topological polar surface area (TPSA) is 58.6 Å². The fourth-order valence-electron chi connectivity index (χ4n) is 3.39. The summed E-state index contributed by atoms with van der Waals surface area (Å²) in [7, 11) is -3.13. The summed E-state index contributed by atoms with van der Waals surface area (Å²) in [5.41, 5.74) is 0.212. The van der Waals surface area contributed by atoms with E-state index < -0.39 is 10.0 Å². The molecule has 2 atom stereocenters. The molecule has 0 aromatic rings. The monoisotopic (exact) mass is 274 g/mol. The van der Waals surface area contributed by atoms with Crippen molar-refractivity contribution < 1.29 is 13.2 Å². The Hall–Kier alpha value is -0.170. The zero-order valence-electron chi connectivity index (χ0n) is 10.7. The van der Waals surface area contributed by atoms with Crippen LogP contribution in [-0.2, 0) is 14.8 Å². The molecule has 3 heterocycles. The molecule has 0 radical (unpaired) electrons. The van der Waals surface area contributed by atoms with E-state index in [0.29, 0.717) is 19.7 Å². The van der Waals surface area contributed by atoms with E-state index in [1.807, 2.05) is 0 Å². The molecule has 18 heavy (non-hydrogen) atoms. The number of rotatable bonds is 3. The fourth-order valence-corrected chi connectivity index (χ4v) is 5.18. The van der Waals surface area contributed by atoms with Crippen LogP contribution in [0.25, 0.3) is 0 Å². The lowest BCUT2D eigenvalue weighted by molar-refractivity contribution is 0.126. The highest BCUT2D eigenvalue weighted by atomic mass is 32.2. The molecule has 3 aliphatic rings. The van der Waals surface area contributed by atoms with Crippen LogP contribution in [0.2, 0.25) is 0 Å². The van der Waals surface area contributed by atoms with E-state index in [1.54, 1.807) is 4.31 Å². The Bertz CT molecular complexity index is 398. The molecule has 2 unspecified atom stereocenters. The highest BCUT2D eigenvalue weighted by Crippen LogP contribution is 2.37. The predicted molar refractivity (Wildman–Crippen MR) is 68.9 cm³/mol. The predicted octanol–water partition coefficient (Wildman–Crippen LogP) is 0.181. The van der Waals surface area contributed by atoms with E-state index in [9.17, 15) is 8.42 Å². The zero-order chi connectivity index (χ0) is 12.6. The van der Waals surface area contributed by atoms with Crippen LogP contribution in [0.4, 0.5) is 0 Å². The highest BCUT2D eigenvalue weighted by molar-refractivity contribution is 7.89. The van der Waals surface area contributed by atoms with Gasteiger partial charge in [0, 0.05) is 26.2 Å². The van der Waals surface area contributed by atoms with Crippen LogP contribution in [0.15, 0.2) is 0 Å². The third-order valence-electron chi connectivity index (χ3n) is 4.55. The van der Waals surface area contributed by atoms with Crippen molar-refractivity contribution in [2.45, 2.75) is 31.8 Å². The average Bonchev–Trinajstić information content (AvgIpc) is 3.03. The summed E-state index contributed by atoms with van der Waals surface area (Å²) in [5, 5.41) is 3.35. The smallest absolute Gasteiger partial charge is 0.216 e. The molecular weight excluding hydrogens is 252 g/mol. The van der Waals surface area contributed by atoms with Gasteiger partial charge in [0.15, 0.2) is 0 Å². The lowest BCUT2D eigenvalue weighted by Gasteiger charge is -2.23. The van der Waals surface area contributed by atoms with Gasteiger partial charge in [-0.15, -0.1) is 0 Å². The molecule has 3 rings (SSSR count). The first-order valence-electron chi connectivity index (χ1n) is 6.90. The van der Waals surface area contributed by atoms with Gasteiger partial charge in [0.05, 0.1) is 11.9 Å². The summed E-state index contributed by atoms with van der Waals surface area (Å²) >= 11 is 0. The molecule has 0 saturated carbocycles. The minimum absolute atomic E-state index is 0.0757. The second kappa shape index (κ2) is 4.74. The Kier molecular flexibility index (Phi) is 3.38. The van der Waals surface area contributed by atoms with Crippen molar-refractivity contribution in [3.05, 3.63) is 0 Å². The lowest BCUT2D eigenvalue weighted by atomic mass is 9.87. The molecule has 0 aliphatic carbocycles. The Labute approximate surface area is 109 Å². The molecular formula is C12H22N2O3S. The minimum atomic E-state index is -3.13. The van der Waals surface area contributed by atoms with E-state index in [1.165, 1.54) is 0 Å². The van der Waals surface area contributed by atoms with Gasteiger partial charge in [-0.3, -0.25) is 0 Å². The molecule has 3 fully saturated rings. The number of sulfonamides is 1. The van der Waals surface area contributed by atoms with E-state index in [4.69, 9.17) is 4.74 Å². The van der Waals surface area contributed by atoms with E-state index in [0.717, 1.165) is 38.8 Å². The normalized spacial score (nSPS) is 37.9. The van der Waals surface area contributed by atoms with Gasteiger partial charge < -0.3 is 10.1 Å². The number of nitrogens with zero attached hydrogens (tertiary/aromatic N) is 1. The molecule has 6 heteroatoms. The first-order chi connectivity index (χ1) is 8.60. The molecule has 0 bridgehead atoms. The Morgan fingerprint density at radius 2 is 2.28 bits per heavy atom.